The van der Waals surface area contributed by atoms with E-state index in [-0.39, 0.29) is 0 Å². The predicted octanol–water partition coefficient (Wildman–Crippen LogP) is 2.27. The van der Waals surface area contributed by atoms with Gasteiger partial charge in [-0.05, 0) is 12.2 Å². The molecule has 1 heterocycles. The minimum Gasteiger partial charge on any atom is -0.514 e. The maximum Gasteiger partial charge on any atom is 0.165 e. The maximum atomic E-state index is 8.32. The molecule has 0 aliphatic carbocycles. The van der Waals surface area contributed by atoms with Gasteiger partial charge in [0.1, 0.15) is 0 Å². The van der Waals surface area contributed by atoms with Crippen molar-refractivity contribution in [2.75, 3.05) is 0 Å². The summed E-state index contributed by atoms with van der Waals surface area (Å²) in [4.78, 5) is 0. The second-order valence-electron chi connectivity index (χ2n) is 1.37. The third-order valence-corrected chi connectivity index (χ3v) is 2.00. The van der Waals surface area contributed by atoms with Gasteiger partial charge in [-0.15, -0.1) is 11.3 Å². The molecule has 1 rings (SSSR count). The topological polar surface area (TPSA) is 25.2 Å². The second kappa shape index (κ2) is 2.80. The number of hydrogen-bond acceptors (Lipinski definition) is 3. The van der Waals surface area contributed by atoms with E-state index in [4.69, 9.17) is 17.3 Å². The molecule has 0 saturated heterocycles. The van der Waals surface area contributed by atoms with E-state index in [2.05, 4.69) is 0 Å². The number of hydrogen-bond donors (Lipinski definition) is 1. The van der Waals surface area contributed by atoms with Gasteiger partial charge in [0.15, 0.2) is 3.95 Å². The normalized spacial score (nSPS) is 10.7. The first-order valence-corrected chi connectivity index (χ1v) is 3.60. The lowest BCUT2D eigenvalue weighted by molar-refractivity contribution is 0.476. The van der Waals surface area contributed by atoms with Gasteiger partial charge in [0.2, 0.25) is 0 Å². The van der Waals surface area contributed by atoms with Gasteiger partial charge in [-0.1, -0.05) is 0 Å². The Morgan fingerprint density at radius 2 is 2.56 bits per heavy atom. The molecule has 1 aromatic rings. The van der Waals surface area contributed by atoms with Gasteiger partial charge >= 0.3 is 0 Å². The SMILES string of the molecule is OC=Cn1ccsc1=S. The largest absolute Gasteiger partial charge is 0.514 e. The van der Waals surface area contributed by atoms with Crippen LogP contribution in [0.5, 0.6) is 0 Å². The quantitative estimate of drug-likeness (QED) is 0.502. The lowest BCUT2D eigenvalue weighted by atomic mass is 10.8. The summed E-state index contributed by atoms with van der Waals surface area (Å²) in [6.07, 6.45) is 4.25. The Morgan fingerprint density at radius 3 is 3.00 bits per heavy atom. The van der Waals surface area contributed by atoms with Gasteiger partial charge in [0, 0.05) is 17.8 Å². The van der Waals surface area contributed by atoms with E-state index < -0.39 is 0 Å². The van der Waals surface area contributed by atoms with E-state index in [1.807, 2.05) is 5.38 Å². The van der Waals surface area contributed by atoms with Gasteiger partial charge in [-0.25, -0.2) is 0 Å². The molecule has 0 aliphatic heterocycles. The highest BCUT2D eigenvalue weighted by Crippen LogP contribution is 2.02. The summed E-state index contributed by atoms with van der Waals surface area (Å²) in [6.45, 7) is 0. The summed E-state index contributed by atoms with van der Waals surface area (Å²) in [6, 6.07) is 0. The lowest BCUT2D eigenvalue weighted by Crippen LogP contribution is -1.78. The number of aliphatic hydroxyl groups excluding tert-OH is 1. The molecule has 0 saturated carbocycles. The zero-order valence-corrected chi connectivity index (χ0v) is 6.15. The molecule has 2 nitrogen and oxygen atoms in total. The molecule has 1 N–H and O–H groups in total. The Hall–Kier alpha value is -0.610. The van der Waals surface area contributed by atoms with Crippen LogP contribution < -0.4 is 0 Å². The van der Waals surface area contributed by atoms with E-state index in [0.29, 0.717) is 0 Å². The third-order valence-electron chi connectivity index (χ3n) is 0.828. The van der Waals surface area contributed by atoms with Crippen LogP contribution in [0.2, 0.25) is 0 Å². The van der Waals surface area contributed by atoms with Crippen molar-refractivity contribution in [3.63, 3.8) is 0 Å². The highest BCUT2D eigenvalue weighted by Gasteiger charge is 1.83. The van der Waals surface area contributed by atoms with Gasteiger partial charge < -0.3 is 9.67 Å². The summed E-state index contributed by atoms with van der Waals surface area (Å²) in [5.74, 6) is 0. The first-order valence-electron chi connectivity index (χ1n) is 2.31. The van der Waals surface area contributed by atoms with Crippen LogP contribution in [0.3, 0.4) is 0 Å². The van der Waals surface area contributed by atoms with Crippen molar-refractivity contribution in [1.29, 1.82) is 0 Å². The Labute approximate surface area is 61.7 Å². The van der Waals surface area contributed by atoms with Crippen LogP contribution in [0.4, 0.5) is 0 Å². The molecule has 0 amide bonds. The fourth-order valence-electron chi connectivity index (χ4n) is 0.458. The average Bonchev–Trinajstić information content (AvgIpc) is 2.18. The Kier molecular flexibility index (Phi) is 2.02. The van der Waals surface area contributed by atoms with Crippen LogP contribution in [0.1, 0.15) is 0 Å². The van der Waals surface area contributed by atoms with E-state index in [9.17, 15) is 0 Å². The Bertz CT molecular complexity index is 260. The number of aromatic nitrogens is 1. The lowest BCUT2D eigenvalue weighted by Gasteiger charge is -1.85. The van der Waals surface area contributed by atoms with Crippen molar-refractivity contribution in [1.82, 2.24) is 4.57 Å². The molecule has 0 fully saturated rings. The number of thiazole rings is 1. The first-order chi connectivity index (χ1) is 4.34. The summed E-state index contributed by atoms with van der Waals surface area (Å²) in [5, 5.41) is 10.2. The maximum absolute atomic E-state index is 8.32. The molecule has 9 heavy (non-hydrogen) atoms. The van der Waals surface area contributed by atoms with Crippen LogP contribution in [0.15, 0.2) is 17.8 Å². The van der Waals surface area contributed by atoms with E-state index in [0.717, 1.165) is 10.2 Å². The van der Waals surface area contributed by atoms with Gasteiger partial charge in [-0.3, -0.25) is 0 Å². The summed E-state index contributed by atoms with van der Waals surface area (Å²) >= 11 is 6.33. The van der Waals surface area contributed by atoms with E-state index in [1.54, 1.807) is 10.8 Å². The van der Waals surface area contributed by atoms with Crippen LogP contribution >= 0.6 is 23.6 Å². The molecule has 0 bridgehead atoms. The molecular weight excluding hydrogens is 154 g/mol. The molecule has 4 heteroatoms. The minimum absolute atomic E-state index is 0.736. The average molecular weight is 159 g/mol. The summed E-state index contributed by atoms with van der Waals surface area (Å²) in [5.41, 5.74) is 0. The standard InChI is InChI=1S/C5H5NOS2/c7-3-1-6-2-4-9-5(6)8/h1-4,7H. The Balaban J connectivity index is 3.08. The fraction of sp³-hybridized carbons (Fsp3) is 0. The number of nitrogens with zero attached hydrogens (tertiary/aromatic N) is 1. The highest BCUT2D eigenvalue weighted by atomic mass is 32.1. The Morgan fingerprint density at radius 1 is 1.78 bits per heavy atom. The number of aliphatic hydroxyl groups is 1. The predicted molar refractivity (Wildman–Crippen MR) is 41.1 cm³/mol. The molecule has 0 radical (unpaired) electrons. The molecule has 0 unspecified atom stereocenters. The van der Waals surface area contributed by atoms with Crippen molar-refractivity contribution in [3.8, 4) is 0 Å². The van der Waals surface area contributed by atoms with Crippen molar-refractivity contribution in [2.45, 2.75) is 0 Å². The monoisotopic (exact) mass is 159 g/mol. The van der Waals surface area contributed by atoms with Gasteiger partial charge in [0.25, 0.3) is 0 Å². The molecule has 1 aromatic heterocycles. The van der Waals surface area contributed by atoms with Crippen molar-refractivity contribution >= 4 is 29.8 Å². The zero-order valence-electron chi connectivity index (χ0n) is 4.52. The fourth-order valence-corrected chi connectivity index (χ4v) is 1.30. The van der Waals surface area contributed by atoms with E-state index >= 15 is 0 Å². The van der Waals surface area contributed by atoms with Crippen molar-refractivity contribution < 1.29 is 5.11 Å². The minimum atomic E-state index is 0.736. The molecular formula is C5H5NOS2. The molecule has 48 valence electrons. The van der Waals surface area contributed by atoms with Crippen LogP contribution in [0, 0.1) is 3.95 Å². The van der Waals surface area contributed by atoms with Crippen molar-refractivity contribution in [3.05, 3.63) is 21.8 Å². The second-order valence-corrected chi connectivity index (χ2v) is 2.91. The van der Waals surface area contributed by atoms with Crippen LogP contribution in [-0.2, 0) is 0 Å². The number of rotatable bonds is 1. The molecule has 0 aromatic carbocycles. The summed E-state index contributed by atoms with van der Waals surface area (Å²) in [7, 11) is 0. The summed E-state index contributed by atoms with van der Waals surface area (Å²) < 4.78 is 2.40. The van der Waals surface area contributed by atoms with Gasteiger partial charge in [-0.2, -0.15) is 0 Å². The zero-order chi connectivity index (χ0) is 6.69. The van der Waals surface area contributed by atoms with E-state index in [1.165, 1.54) is 17.5 Å². The molecule has 0 spiro atoms. The third kappa shape index (κ3) is 1.40. The smallest absolute Gasteiger partial charge is 0.165 e. The highest BCUT2D eigenvalue weighted by molar-refractivity contribution is 7.73. The molecule has 0 atom stereocenters. The van der Waals surface area contributed by atoms with Crippen molar-refractivity contribution in [2.24, 2.45) is 0 Å². The van der Waals surface area contributed by atoms with Gasteiger partial charge in [0.05, 0.1) is 6.26 Å². The van der Waals surface area contributed by atoms with Crippen LogP contribution in [0.25, 0.3) is 6.20 Å². The first kappa shape index (κ1) is 6.51. The molecule has 0 aliphatic rings. The van der Waals surface area contributed by atoms with Crippen LogP contribution in [-0.4, -0.2) is 9.67 Å².